The molecule has 0 saturated carbocycles. The van der Waals surface area contributed by atoms with Gasteiger partial charge in [-0.15, -0.1) is 0 Å². The maximum atomic E-state index is 13.3. The van der Waals surface area contributed by atoms with Crippen molar-refractivity contribution in [2.45, 2.75) is 306 Å². The lowest BCUT2D eigenvalue weighted by atomic mass is 9.97. The molecule has 2 saturated heterocycles. The molecule has 2 aliphatic rings. The van der Waals surface area contributed by atoms with Gasteiger partial charge in [0.15, 0.2) is 12.6 Å². The Morgan fingerprint density at radius 2 is 0.917 bits per heavy atom. The van der Waals surface area contributed by atoms with Crippen LogP contribution in [0, 0.1) is 0 Å². The van der Waals surface area contributed by atoms with Crippen molar-refractivity contribution >= 4 is 5.91 Å². The zero-order chi connectivity index (χ0) is 52.4. The Morgan fingerprint density at radius 1 is 0.500 bits per heavy atom. The van der Waals surface area contributed by atoms with Crippen LogP contribution in [0.25, 0.3) is 0 Å². The molecule has 422 valence electrons. The monoisotopic (exact) mass is 1030 g/mol. The van der Waals surface area contributed by atoms with Gasteiger partial charge in [-0.1, -0.05) is 211 Å². The topological polar surface area (TPSA) is 228 Å². The molecule has 9 N–H and O–H groups in total. The average Bonchev–Trinajstić information content (AvgIpc) is 3.38. The van der Waals surface area contributed by atoms with Gasteiger partial charge >= 0.3 is 0 Å². The lowest BCUT2D eigenvalue weighted by Crippen LogP contribution is -2.65. The first-order chi connectivity index (χ1) is 35.1. The molecule has 14 nitrogen and oxygen atoms in total. The molecule has 12 unspecified atom stereocenters. The minimum absolute atomic E-state index is 0.214. The summed E-state index contributed by atoms with van der Waals surface area (Å²) in [4.78, 5) is 13.3. The van der Waals surface area contributed by atoms with Crippen molar-refractivity contribution in [2.75, 3.05) is 19.8 Å². The third kappa shape index (κ3) is 30.1. The van der Waals surface area contributed by atoms with E-state index in [0.717, 1.165) is 64.2 Å². The van der Waals surface area contributed by atoms with Crippen LogP contribution in [0.15, 0.2) is 36.5 Å². The summed E-state index contributed by atoms with van der Waals surface area (Å²) in [5.41, 5.74) is 0. The van der Waals surface area contributed by atoms with Crippen LogP contribution < -0.4 is 5.32 Å². The van der Waals surface area contributed by atoms with Gasteiger partial charge in [-0.05, 0) is 51.4 Å². The van der Waals surface area contributed by atoms with Crippen molar-refractivity contribution in [3.05, 3.63) is 36.5 Å². The molecule has 0 radical (unpaired) electrons. The Balaban J connectivity index is 1.76. The zero-order valence-electron chi connectivity index (χ0n) is 45.2. The molecule has 12 atom stereocenters. The Labute approximate surface area is 436 Å². The van der Waals surface area contributed by atoms with Crippen molar-refractivity contribution in [2.24, 2.45) is 0 Å². The lowest BCUT2D eigenvalue weighted by molar-refractivity contribution is -0.359. The third-order valence-corrected chi connectivity index (χ3v) is 14.4. The first kappa shape index (κ1) is 66.3. The van der Waals surface area contributed by atoms with Crippen LogP contribution in [0.2, 0.25) is 0 Å². The molecule has 2 heterocycles. The van der Waals surface area contributed by atoms with Crippen molar-refractivity contribution in [1.82, 2.24) is 5.32 Å². The van der Waals surface area contributed by atoms with Crippen LogP contribution in [0.3, 0.4) is 0 Å². The van der Waals surface area contributed by atoms with Crippen molar-refractivity contribution < 1.29 is 64.6 Å². The summed E-state index contributed by atoms with van der Waals surface area (Å²) >= 11 is 0. The van der Waals surface area contributed by atoms with E-state index in [1.807, 2.05) is 0 Å². The lowest BCUT2D eigenvalue weighted by Gasteiger charge is -2.46. The highest BCUT2D eigenvalue weighted by atomic mass is 16.7. The molecule has 0 aromatic heterocycles. The second-order valence-corrected chi connectivity index (χ2v) is 20.8. The number of unbranched alkanes of at least 4 members (excludes halogenated alkanes) is 27. The largest absolute Gasteiger partial charge is 0.394 e. The molecule has 0 spiro atoms. The fraction of sp³-hybridized carbons (Fsp3) is 0.879. The quantitative estimate of drug-likeness (QED) is 0.0205. The van der Waals surface area contributed by atoms with Gasteiger partial charge in [0.05, 0.1) is 32.0 Å². The smallest absolute Gasteiger partial charge is 0.220 e. The maximum Gasteiger partial charge on any atom is 0.220 e. The van der Waals surface area contributed by atoms with Gasteiger partial charge in [0.25, 0.3) is 0 Å². The SMILES string of the molecule is CCCCCCC/C=C\C/C=C\C/C=C\CCCCCCCCCCC(=O)NC(COC1OC(CO)C(OC2OC(CO)C(O)C(O)C2O)C(O)C1O)C(O)CCCCCCCCCCCCCCCCC. The van der Waals surface area contributed by atoms with E-state index in [1.54, 1.807) is 0 Å². The average molecular weight is 1030 g/mol. The number of rotatable bonds is 46. The predicted octanol–water partition coefficient (Wildman–Crippen LogP) is 9.44. The fourth-order valence-electron chi connectivity index (χ4n) is 9.60. The normalized spacial score (nSPS) is 25.8. The predicted molar refractivity (Wildman–Crippen MR) is 286 cm³/mol. The molecule has 2 aliphatic heterocycles. The molecule has 2 rings (SSSR count). The number of hydrogen-bond donors (Lipinski definition) is 9. The van der Waals surface area contributed by atoms with Crippen LogP contribution in [0.5, 0.6) is 0 Å². The summed E-state index contributed by atoms with van der Waals surface area (Å²) in [6, 6.07) is -0.832. The van der Waals surface area contributed by atoms with Crippen molar-refractivity contribution in [1.29, 1.82) is 0 Å². The van der Waals surface area contributed by atoms with Gasteiger partial charge in [0, 0.05) is 6.42 Å². The van der Waals surface area contributed by atoms with Gasteiger partial charge in [-0.2, -0.15) is 0 Å². The number of ether oxygens (including phenoxy) is 4. The minimum atomic E-state index is -1.78. The molecule has 14 heteroatoms. The molecule has 2 fully saturated rings. The summed E-state index contributed by atoms with van der Waals surface area (Å²) in [6.45, 7) is 2.85. The number of hydrogen-bond acceptors (Lipinski definition) is 13. The van der Waals surface area contributed by atoms with Gasteiger partial charge in [-0.3, -0.25) is 4.79 Å². The first-order valence-corrected chi connectivity index (χ1v) is 29.2. The summed E-state index contributed by atoms with van der Waals surface area (Å²) in [7, 11) is 0. The number of allylic oxidation sites excluding steroid dienone is 6. The van der Waals surface area contributed by atoms with Gasteiger partial charge in [-0.25, -0.2) is 0 Å². The van der Waals surface area contributed by atoms with E-state index in [4.69, 9.17) is 18.9 Å². The Morgan fingerprint density at radius 3 is 1.40 bits per heavy atom. The van der Waals surface area contributed by atoms with Crippen molar-refractivity contribution in [3.8, 4) is 0 Å². The van der Waals surface area contributed by atoms with E-state index < -0.39 is 86.8 Å². The van der Waals surface area contributed by atoms with Crippen LogP contribution in [-0.4, -0.2) is 140 Å². The summed E-state index contributed by atoms with van der Waals surface area (Å²) in [5.74, 6) is -0.214. The van der Waals surface area contributed by atoms with E-state index in [-0.39, 0.29) is 12.5 Å². The second kappa shape index (κ2) is 44.3. The molecule has 0 bridgehead atoms. The summed E-state index contributed by atoms with van der Waals surface area (Å²) < 4.78 is 22.8. The zero-order valence-corrected chi connectivity index (χ0v) is 45.2. The van der Waals surface area contributed by atoms with E-state index >= 15 is 0 Å². The van der Waals surface area contributed by atoms with E-state index in [9.17, 15) is 45.6 Å². The van der Waals surface area contributed by atoms with E-state index in [1.165, 1.54) is 135 Å². The number of carbonyl (C=O) groups excluding carboxylic acids is 1. The number of amides is 1. The van der Waals surface area contributed by atoms with Crippen LogP contribution in [-0.2, 0) is 23.7 Å². The maximum absolute atomic E-state index is 13.3. The number of aliphatic hydroxyl groups is 8. The van der Waals surface area contributed by atoms with Gasteiger partial charge in [0.2, 0.25) is 5.91 Å². The Kier molecular flexibility index (Phi) is 40.9. The fourth-order valence-corrected chi connectivity index (χ4v) is 9.60. The number of nitrogens with one attached hydrogen (secondary N) is 1. The summed E-state index contributed by atoms with van der Waals surface area (Å²) in [5, 5.41) is 87.2. The highest BCUT2D eigenvalue weighted by Gasteiger charge is 2.51. The molecule has 0 aromatic rings. The van der Waals surface area contributed by atoms with Crippen LogP contribution in [0.4, 0.5) is 0 Å². The molecular formula is C58H107NO13. The van der Waals surface area contributed by atoms with E-state index in [2.05, 4.69) is 55.6 Å². The van der Waals surface area contributed by atoms with Crippen LogP contribution >= 0.6 is 0 Å². The standard InChI is InChI=1S/C58H107NO13/c1-3-5-7-9-11-13-15-17-19-20-21-22-23-24-25-26-28-30-32-34-36-38-40-42-50(63)59-46(47(62)41-39-37-35-33-31-29-27-18-16-14-12-10-8-6-4-2)45-69-57-55(68)53(66)56(49(44-61)71-57)72-58-54(67)52(65)51(64)48(43-60)70-58/h15,17,20-21,23-24,46-49,51-58,60-62,64-68H,3-14,16,18-19,22,25-45H2,1-2H3,(H,59,63)/b17-15-,21-20-,24-23-. The summed E-state index contributed by atoms with van der Waals surface area (Å²) in [6.07, 6.45) is 35.6. The third-order valence-electron chi connectivity index (χ3n) is 14.4. The highest BCUT2D eigenvalue weighted by molar-refractivity contribution is 5.76. The van der Waals surface area contributed by atoms with Gasteiger partial charge < -0.3 is 65.1 Å². The first-order valence-electron chi connectivity index (χ1n) is 29.2. The number of aliphatic hydroxyl groups excluding tert-OH is 8. The Bertz CT molecular complexity index is 1350. The highest BCUT2D eigenvalue weighted by Crippen LogP contribution is 2.30. The molecule has 72 heavy (non-hydrogen) atoms. The minimum Gasteiger partial charge on any atom is -0.394 e. The number of carbonyl (C=O) groups is 1. The molecule has 0 aromatic carbocycles. The Hall–Kier alpha value is -1.79. The second-order valence-electron chi connectivity index (χ2n) is 20.8. The van der Waals surface area contributed by atoms with Crippen molar-refractivity contribution in [3.63, 3.8) is 0 Å². The molecule has 1 amide bonds. The van der Waals surface area contributed by atoms with Gasteiger partial charge in [0.1, 0.15) is 48.8 Å². The molecular weight excluding hydrogens is 919 g/mol. The van der Waals surface area contributed by atoms with Crippen LogP contribution in [0.1, 0.15) is 232 Å². The van der Waals surface area contributed by atoms with E-state index in [0.29, 0.717) is 19.3 Å². The molecule has 0 aliphatic carbocycles.